The Bertz CT molecular complexity index is 300. The highest BCUT2D eigenvalue weighted by Crippen LogP contribution is 2.28. The Morgan fingerprint density at radius 1 is 1.47 bits per heavy atom. The number of rotatable bonds is 3. The third kappa shape index (κ3) is 3.24. The Morgan fingerprint density at radius 2 is 2.07 bits per heavy atom. The fraction of sp³-hybridized carbons (Fsp3) is 0.700. The summed E-state index contributed by atoms with van der Waals surface area (Å²) in [5.41, 5.74) is -0.739. The quantitative estimate of drug-likeness (QED) is 0.688. The Kier molecular flexibility index (Phi) is 3.67. The van der Waals surface area contributed by atoms with E-state index in [0.29, 0.717) is 12.8 Å². The molecule has 0 aromatic carbocycles. The van der Waals surface area contributed by atoms with Gasteiger partial charge in [0.1, 0.15) is 5.54 Å². The molecule has 0 heterocycles. The van der Waals surface area contributed by atoms with Gasteiger partial charge in [0, 0.05) is 6.92 Å². The topological polar surface area (TPSA) is 79.2 Å². The van der Waals surface area contributed by atoms with Crippen LogP contribution in [-0.2, 0) is 14.3 Å². The molecule has 0 saturated heterocycles. The molecule has 1 aliphatic carbocycles. The Morgan fingerprint density at radius 3 is 2.53 bits per heavy atom. The van der Waals surface area contributed by atoms with Crippen molar-refractivity contribution in [1.82, 2.24) is 5.32 Å². The lowest BCUT2D eigenvalue weighted by Gasteiger charge is -2.21. The van der Waals surface area contributed by atoms with Crippen LogP contribution in [0.15, 0.2) is 0 Å². The van der Waals surface area contributed by atoms with E-state index >= 15 is 0 Å². The lowest BCUT2D eigenvalue weighted by Crippen LogP contribution is -2.46. The van der Waals surface area contributed by atoms with Crippen molar-refractivity contribution in [2.75, 3.05) is 6.61 Å². The van der Waals surface area contributed by atoms with Gasteiger partial charge >= 0.3 is 5.97 Å². The molecule has 1 N–H and O–H groups in total. The minimum Gasteiger partial charge on any atom is -0.456 e. The van der Waals surface area contributed by atoms with Crippen molar-refractivity contribution < 1.29 is 14.3 Å². The molecule has 0 aromatic rings. The third-order valence-corrected chi connectivity index (χ3v) is 2.46. The molecule has 1 rings (SSSR count). The average molecular weight is 210 g/mol. The molecule has 82 valence electrons. The van der Waals surface area contributed by atoms with Gasteiger partial charge in [-0.05, 0) is 25.7 Å². The van der Waals surface area contributed by atoms with Crippen molar-refractivity contribution in [3.63, 3.8) is 0 Å². The zero-order chi connectivity index (χ0) is 11.3. The predicted molar refractivity (Wildman–Crippen MR) is 51.6 cm³/mol. The highest BCUT2D eigenvalue weighted by molar-refractivity contribution is 5.81. The van der Waals surface area contributed by atoms with Crippen LogP contribution in [0.5, 0.6) is 0 Å². The van der Waals surface area contributed by atoms with Crippen LogP contribution in [0.2, 0.25) is 0 Å². The van der Waals surface area contributed by atoms with E-state index < -0.39 is 17.4 Å². The van der Waals surface area contributed by atoms with Crippen LogP contribution in [0.1, 0.15) is 32.6 Å². The number of hydrogen-bond acceptors (Lipinski definition) is 4. The zero-order valence-corrected chi connectivity index (χ0v) is 8.71. The Balaban J connectivity index is 2.42. The molecule has 1 saturated carbocycles. The van der Waals surface area contributed by atoms with Gasteiger partial charge in [-0.1, -0.05) is 0 Å². The summed E-state index contributed by atoms with van der Waals surface area (Å²) in [6.07, 6.45) is 3.24. The molecule has 1 aliphatic rings. The lowest BCUT2D eigenvalue weighted by molar-refractivity contribution is -0.146. The maximum Gasteiger partial charge on any atom is 0.303 e. The van der Waals surface area contributed by atoms with Gasteiger partial charge in [-0.25, -0.2) is 0 Å². The van der Waals surface area contributed by atoms with E-state index in [-0.39, 0.29) is 6.61 Å². The first-order chi connectivity index (χ1) is 7.08. The van der Waals surface area contributed by atoms with E-state index in [9.17, 15) is 9.59 Å². The van der Waals surface area contributed by atoms with Gasteiger partial charge in [0.25, 0.3) is 5.91 Å². The number of carbonyl (C=O) groups is 2. The molecule has 5 heteroatoms. The van der Waals surface area contributed by atoms with Crippen LogP contribution in [0.3, 0.4) is 0 Å². The molecule has 1 amide bonds. The molecule has 0 spiro atoms. The smallest absolute Gasteiger partial charge is 0.303 e. The molecule has 0 radical (unpaired) electrons. The van der Waals surface area contributed by atoms with Gasteiger partial charge < -0.3 is 10.1 Å². The van der Waals surface area contributed by atoms with Crippen LogP contribution in [0, 0.1) is 11.3 Å². The standard InChI is InChI=1S/C10H14N2O3/c1-8(13)15-6-9(14)12-10(7-11)4-2-3-5-10/h2-6H2,1H3,(H,12,14). The van der Waals surface area contributed by atoms with Crippen molar-refractivity contribution in [2.24, 2.45) is 0 Å². The lowest BCUT2D eigenvalue weighted by atomic mass is 10.00. The summed E-state index contributed by atoms with van der Waals surface area (Å²) in [5.74, 6) is -0.906. The predicted octanol–water partition coefficient (Wildman–Crippen LogP) is 0.502. The van der Waals surface area contributed by atoms with Gasteiger partial charge in [0.2, 0.25) is 0 Å². The second-order valence-corrected chi connectivity index (χ2v) is 3.73. The SMILES string of the molecule is CC(=O)OCC(=O)NC1(C#N)CCCC1. The fourth-order valence-corrected chi connectivity index (χ4v) is 1.71. The molecule has 0 bridgehead atoms. The van der Waals surface area contributed by atoms with Crippen LogP contribution in [0.4, 0.5) is 0 Å². The van der Waals surface area contributed by atoms with E-state index in [1.165, 1.54) is 6.92 Å². The van der Waals surface area contributed by atoms with Gasteiger partial charge in [-0.3, -0.25) is 9.59 Å². The summed E-state index contributed by atoms with van der Waals surface area (Å²) in [6, 6.07) is 2.12. The number of nitrogens with zero attached hydrogens (tertiary/aromatic N) is 1. The maximum absolute atomic E-state index is 11.3. The molecule has 5 nitrogen and oxygen atoms in total. The van der Waals surface area contributed by atoms with Gasteiger partial charge in [-0.15, -0.1) is 0 Å². The number of ether oxygens (including phenoxy) is 1. The Labute approximate surface area is 88.4 Å². The van der Waals surface area contributed by atoms with Crippen molar-refractivity contribution in [3.05, 3.63) is 0 Å². The monoisotopic (exact) mass is 210 g/mol. The summed E-state index contributed by atoms with van der Waals surface area (Å²) in [5, 5.41) is 11.6. The van der Waals surface area contributed by atoms with Crippen LogP contribution in [0.25, 0.3) is 0 Å². The third-order valence-electron chi connectivity index (χ3n) is 2.46. The number of amides is 1. The number of nitrogens with one attached hydrogen (secondary N) is 1. The average Bonchev–Trinajstić information content (AvgIpc) is 2.64. The first kappa shape index (κ1) is 11.5. The molecule has 0 aliphatic heterocycles. The first-order valence-electron chi connectivity index (χ1n) is 4.94. The van der Waals surface area contributed by atoms with E-state index in [4.69, 9.17) is 5.26 Å². The van der Waals surface area contributed by atoms with Crippen molar-refractivity contribution in [3.8, 4) is 6.07 Å². The summed E-state index contributed by atoms with van der Waals surface area (Å²) < 4.78 is 4.54. The van der Waals surface area contributed by atoms with Gasteiger partial charge in [0.05, 0.1) is 6.07 Å². The summed E-state index contributed by atoms with van der Waals surface area (Å²) in [4.78, 5) is 21.8. The Hall–Kier alpha value is -1.57. The molecule has 1 fully saturated rings. The normalized spacial score (nSPS) is 17.9. The minimum absolute atomic E-state index is 0.307. The highest BCUT2D eigenvalue weighted by atomic mass is 16.5. The van der Waals surface area contributed by atoms with Crippen molar-refractivity contribution >= 4 is 11.9 Å². The summed E-state index contributed by atoms with van der Waals surface area (Å²) >= 11 is 0. The molecule has 15 heavy (non-hydrogen) atoms. The molecular formula is C10H14N2O3. The van der Waals surface area contributed by atoms with Gasteiger partial charge in [-0.2, -0.15) is 5.26 Å². The number of carbonyl (C=O) groups excluding carboxylic acids is 2. The number of esters is 1. The van der Waals surface area contributed by atoms with Crippen LogP contribution >= 0.6 is 0 Å². The van der Waals surface area contributed by atoms with Crippen LogP contribution in [-0.4, -0.2) is 24.0 Å². The van der Waals surface area contributed by atoms with Gasteiger partial charge in [0.15, 0.2) is 6.61 Å². The van der Waals surface area contributed by atoms with E-state index in [1.807, 2.05) is 0 Å². The summed E-state index contributed by atoms with van der Waals surface area (Å²) in [6.45, 7) is 0.932. The number of hydrogen-bond donors (Lipinski definition) is 1. The zero-order valence-electron chi connectivity index (χ0n) is 8.71. The second-order valence-electron chi connectivity index (χ2n) is 3.73. The second kappa shape index (κ2) is 4.78. The maximum atomic E-state index is 11.3. The molecular weight excluding hydrogens is 196 g/mol. The largest absolute Gasteiger partial charge is 0.456 e. The fourth-order valence-electron chi connectivity index (χ4n) is 1.71. The molecule has 0 aromatic heterocycles. The van der Waals surface area contributed by atoms with E-state index in [2.05, 4.69) is 16.1 Å². The van der Waals surface area contributed by atoms with E-state index in [0.717, 1.165) is 12.8 Å². The molecule has 0 unspecified atom stereocenters. The molecule has 0 atom stereocenters. The van der Waals surface area contributed by atoms with Crippen LogP contribution < -0.4 is 5.32 Å². The van der Waals surface area contributed by atoms with Crippen molar-refractivity contribution in [2.45, 2.75) is 38.1 Å². The van der Waals surface area contributed by atoms with Crippen molar-refractivity contribution in [1.29, 1.82) is 5.26 Å². The first-order valence-corrected chi connectivity index (χ1v) is 4.94. The number of nitriles is 1. The summed E-state index contributed by atoms with van der Waals surface area (Å²) in [7, 11) is 0. The van der Waals surface area contributed by atoms with E-state index in [1.54, 1.807) is 0 Å². The highest BCUT2D eigenvalue weighted by Gasteiger charge is 2.35. The minimum atomic E-state index is -0.739.